The van der Waals surface area contributed by atoms with Gasteiger partial charge in [-0.2, -0.15) is 0 Å². The number of nitrogens with two attached hydrogens (primary N) is 2. The first kappa shape index (κ1) is 24.0. The van der Waals surface area contributed by atoms with Gasteiger partial charge in [-0.3, -0.25) is 0 Å². The van der Waals surface area contributed by atoms with Gasteiger partial charge in [0.25, 0.3) is 0 Å². The summed E-state index contributed by atoms with van der Waals surface area (Å²) in [4.78, 5) is 11.4. The van der Waals surface area contributed by atoms with Gasteiger partial charge < -0.3 is 31.7 Å². The summed E-state index contributed by atoms with van der Waals surface area (Å²) in [6.45, 7) is 0. The SMILES string of the molecule is COc1cc([C@@H]2Nc3ccc(C(N)N)cc3[C@H]3c4ccccc4C[C@H]32)c(-c2ccc(C(=O)O)cc2)cc1O. The maximum atomic E-state index is 11.4. The number of aromatic carboxylic acids is 1. The second-order valence-corrected chi connectivity index (χ2v) is 10.0. The summed E-state index contributed by atoms with van der Waals surface area (Å²) in [5.74, 6) is -0.265. The van der Waals surface area contributed by atoms with E-state index >= 15 is 0 Å². The summed E-state index contributed by atoms with van der Waals surface area (Å²) >= 11 is 0. The number of methoxy groups -OCH3 is 1. The summed E-state index contributed by atoms with van der Waals surface area (Å²) in [6, 6.07) is 24.9. The maximum absolute atomic E-state index is 11.4. The van der Waals surface area contributed by atoms with Gasteiger partial charge in [0.05, 0.1) is 24.9 Å². The first-order chi connectivity index (χ1) is 18.4. The number of phenolic OH excluding ortho intramolecular Hbond substituents is 1. The van der Waals surface area contributed by atoms with E-state index in [0.29, 0.717) is 5.75 Å². The fraction of sp³-hybridized carbons (Fsp3) is 0.194. The highest BCUT2D eigenvalue weighted by Crippen LogP contribution is 2.55. The number of fused-ring (bicyclic) bond motifs is 5. The quantitative estimate of drug-likeness (QED) is 0.236. The Morgan fingerprint density at radius 2 is 1.74 bits per heavy atom. The summed E-state index contributed by atoms with van der Waals surface area (Å²) < 4.78 is 5.52. The van der Waals surface area contributed by atoms with Crippen molar-refractivity contribution in [2.24, 2.45) is 17.4 Å². The Balaban J connectivity index is 1.54. The molecule has 0 fully saturated rings. The number of carboxylic acid groups (broad SMARTS) is 1. The van der Waals surface area contributed by atoms with Crippen molar-refractivity contribution in [1.82, 2.24) is 0 Å². The number of aromatic hydroxyl groups is 1. The maximum Gasteiger partial charge on any atom is 0.335 e. The average molecular weight is 508 g/mol. The zero-order valence-corrected chi connectivity index (χ0v) is 20.9. The molecule has 1 heterocycles. The van der Waals surface area contributed by atoms with Gasteiger partial charge in [0.2, 0.25) is 0 Å². The predicted octanol–water partition coefficient (Wildman–Crippen LogP) is 5.15. The molecular formula is C31H29N3O4. The average Bonchev–Trinajstić information content (AvgIpc) is 3.32. The minimum atomic E-state index is -0.983. The molecule has 0 saturated heterocycles. The summed E-state index contributed by atoms with van der Waals surface area (Å²) in [7, 11) is 1.54. The minimum Gasteiger partial charge on any atom is -0.504 e. The molecule has 0 saturated carbocycles. The Morgan fingerprint density at radius 1 is 0.974 bits per heavy atom. The van der Waals surface area contributed by atoms with E-state index in [9.17, 15) is 15.0 Å². The molecule has 2 aliphatic rings. The molecule has 7 nitrogen and oxygen atoms in total. The van der Waals surface area contributed by atoms with Gasteiger partial charge in [-0.05, 0) is 81.6 Å². The first-order valence-electron chi connectivity index (χ1n) is 12.6. The highest BCUT2D eigenvalue weighted by Gasteiger charge is 2.44. The second-order valence-electron chi connectivity index (χ2n) is 10.0. The molecule has 7 heteroatoms. The molecule has 0 aromatic heterocycles. The van der Waals surface area contributed by atoms with Gasteiger partial charge in [0.1, 0.15) is 0 Å². The van der Waals surface area contributed by atoms with E-state index in [4.69, 9.17) is 16.2 Å². The largest absolute Gasteiger partial charge is 0.504 e. The fourth-order valence-electron chi connectivity index (χ4n) is 6.14. The van der Waals surface area contributed by atoms with Crippen molar-refractivity contribution in [3.63, 3.8) is 0 Å². The zero-order chi connectivity index (χ0) is 26.6. The van der Waals surface area contributed by atoms with Gasteiger partial charge in [0.15, 0.2) is 11.5 Å². The van der Waals surface area contributed by atoms with Crippen LogP contribution >= 0.6 is 0 Å². The fourth-order valence-corrected chi connectivity index (χ4v) is 6.14. The third-order valence-electron chi connectivity index (χ3n) is 7.94. The number of carbonyl (C=O) groups is 1. The lowest BCUT2D eigenvalue weighted by Gasteiger charge is -2.39. The van der Waals surface area contributed by atoms with Crippen molar-refractivity contribution in [1.29, 1.82) is 0 Å². The van der Waals surface area contributed by atoms with Crippen LogP contribution in [0.2, 0.25) is 0 Å². The van der Waals surface area contributed by atoms with Crippen LogP contribution in [0.3, 0.4) is 0 Å². The van der Waals surface area contributed by atoms with Crippen molar-refractivity contribution < 1.29 is 19.7 Å². The topological polar surface area (TPSA) is 131 Å². The number of benzene rings is 4. The van der Waals surface area contributed by atoms with Crippen molar-refractivity contribution in [3.05, 3.63) is 112 Å². The molecule has 0 bridgehead atoms. The van der Waals surface area contributed by atoms with Crippen LogP contribution in [0.5, 0.6) is 11.5 Å². The second kappa shape index (κ2) is 9.20. The Kier molecular flexibility index (Phi) is 5.82. The van der Waals surface area contributed by atoms with Crippen LogP contribution in [0.15, 0.2) is 78.9 Å². The number of phenols is 1. The third-order valence-corrected chi connectivity index (χ3v) is 7.94. The predicted molar refractivity (Wildman–Crippen MR) is 146 cm³/mol. The first-order valence-corrected chi connectivity index (χ1v) is 12.6. The van der Waals surface area contributed by atoms with Crippen LogP contribution in [0.25, 0.3) is 11.1 Å². The highest BCUT2D eigenvalue weighted by molar-refractivity contribution is 5.88. The number of anilines is 1. The smallest absolute Gasteiger partial charge is 0.335 e. The van der Waals surface area contributed by atoms with Gasteiger partial charge in [-0.25, -0.2) is 4.79 Å². The number of hydrogen-bond donors (Lipinski definition) is 5. The Morgan fingerprint density at radius 3 is 2.45 bits per heavy atom. The summed E-state index contributed by atoms with van der Waals surface area (Å²) in [5.41, 5.74) is 20.6. The van der Waals surface area contributed by atoms with Crippen LogP contribution in [0, 0.1) is 5.92 Å². The van der Waals surface area contributed by atoms with Crippen LogP contribution < -0.4 is 21.5 Å². The highest BCUT2D eigenvalue weighted by atomic mass is 16.5. The number of hydrogen-bond acceptors (Lipinski definition) is 6. The molecular weight excluding hydrogens is 478 g/mol. The number of carboxylic acids is 1. The van der Waals surface area contributed by atoms with Crippen molar-refractivity contribution in [3.8, 4) is 22.6 Å². The monoisotopic (exact) mass is 507 g/mol. The van der Waals surface area contributed by atoms with Gasteiger partial charge >= 0.3 is 5.97 Å². The van der Waals surface area contributed by atoms with Crippen LogP contribution in [-0.2, 0) is 6.42 Å². The zero-order valence-electron chi connectivity index (χ0n) is 20.9. The number of rotatable bonds is 5. The molecule has 0 spiro atoms. The molecule has 6 rings (SSSR count). The Bertz CT molecular complexity index is 1550. The standard InChI is InChI=1S/C31H29N3O4/c1-38-27-15-22(21(14-26(27)35)16-6-8-17(9-7-16)31(36)37)29-24-12-18-4-2-3-5-20(18)28(24)23-13-19(30(32)33)10-11-25(23)34-29/h2-11,13-15,24,28-30,34-35H,12,32-33H2,1H3,(H,36,37)/t24-,28-,29+/m1/s1. The lowest BCUT2D eigenvalue weighted by molar-refractivity contribution is 0.0697. The van der Waals surface area contributed by atoms with E-state index in [1.807, 2.05) is 18.2 Å². The third kappa shape index (κ3) is 3.88. The molecule has 7 N–H and O–H groups in total. The van der Waals surface area contributed by atoms with Gasteiger partial charge in [-0.1, -0.05) is 48.5 Å². The van der Waals surface area contributed by atoms with Crippen LogP contribution in [-0.4, -0.2) is 23.3 Å². The molecule has 0 radical (unpaired) electrons. The lowest BCUT2D eigenvalue weighted by Crippen LogP contribution is -2.31. The molecule has 192 valence electrons. The lowest BCUT2D eigenvalue weighted by atomic mass is 9.74. The van der Waals surface area contributed by atoms with E-state index in [1.54, 1.807) is 30.3 Å². The molecule has 4 aromatic rings. The molecule has 1 aliphatic carbocycles. The summed E-state index contributed by atoms with van der Waals surface area (Å²) in [5, 5.41) is 23.9. The molecule has 0 amide bonds. The van der Waals surface area contributed by atoms with Crippen molar-refractivity contribution in [2.45, 2.75) is 24.5 Å². The molecule has 38 heavy (non-hydrogen) atoms. The van der Waals surface area contributed by atoms with Crippen molar-refractivity contribution >= 4 is 11.7 Å². The molecule has 3 atom stereocenters. The number of ether oxygens (including phenoxy) is 1. The van der Waals surface area contributed by atoms with E-state index in [1.165, 1.54) is 23.8 Å². The normalized spacial score (nSPS) is 19.3. The van der Waals surface area contributed by atoms with Gasteiger partial charge in [0, 0.05) is 11.6 Å². The Labute approximate surface area is 220 Å². The number of nitrogens with one attached hydrogen (secondary N) is 1. The molecule has 1 aliphatic heterocycles. The van der Waals surface area contributed by atoms with Gasteiger partial charge in [-0.15, -0.1) is 0 Å². The van der Waals surface area contributed by atoms with E-state index in [0.717, 1.165) is 34.4 Å². The van der Waals surface area contributed by atoms with E-state index < -0.39 is 12.1 Å². The minimum absolute atomic E-state index is 0.0256. The molecule has 4 aromatic carbocycles. The van der Waals surface area contributed by atoms with Crippen LogP contribution in [0.1, 0.15) is 56.3 Å². The van der Waals surface area contributed by atoms with E-state index in [2.05, 4.69) is 35.6 Å². The van der Waals surface area contributed by atoms with Crippen molar-refractivity contribution in [2.75, 3.05) is 12.4 Å². The molecule has 0 unspecified atom stereocenters. The van der Waals surface area contributed by atoms with E-state index in [-0.39, 0.29) is 29.2 Å². The summed E-state index contributed by atoms with van der Waals surface area (Å²) in [6.07, 6.45) is 0.312. The Hall–Kier alpha value is -4.33. The van der Waals surface area contributed by atoms with Crippen LogP contribution in [0.4, 0.5) is 5.69 Å².